The molecule has 1 aromatic heterocycles. The number of sulfonamides is 1. The highest BCUT2D eigenvalue weighted by molar-refractivity contribution is 7.89. The second kappa shape index (κ2) is 7.86. The number of aromatic amines is 1. The number of primary amides is 1. The zero-order valence-electron chi connectivity index (χ0n) is 15.4. The molecule has 0 radical (unpaired) electrons. The van der Waals surface area contributed by atoms with Gasteiger partial charge in [0.1, 0.15) is 0 Å². The lowest BCUT2D eigenvalue weighted by Crippen LogP contribution is -2.33. The quantitative estimate of drug-likeness (QED) is 0.471. The summed E-state index contributed by atoms with van der Waals surface area (Å²) in [5.41, 5.74) is 6.74. The van der Waals surface area contributed by atoms with Crippen LogP contribution in [0, 0.1) is 6.92 Å². The lowest BCUT2D eigenvalue weighted by molar-refractivity contribution is -0.116. The van der Waals surface area contributed by atoms with Crippen molar-refractivity contribution in [2.24, 2.45) is 5.73 Å². The minimum absolute atomic E-state index is 0.116. The van der Waals surface area contributed by atoms with Gasteiger partial charge in [-0.25, -0.2) is 13.1 Å². The van der Waals surface area contributed by atoms with Crippen LogP contribution in [0.3, 0.4) is 0 Å². The molecule has 5 N–H and O–H groups in total. The Morgan fingerprint density at radius 1 is 1.10 bits per heavy atom. The normalized spacial score (nSPS) is 11.3. The van der Waals surface area contributed by atoms with Crippen LogP contribution in [0.25, 0.3) is 10.9 Å². The number of hydrogen-bond donors (Lipinski definition) is 4. The fraction of sp³-hybridized carbons (Fsp3) is 0.105. The molecule has 0 spiro atoms. The van der Waals surface area contributed by atoms with Crippen molar-refractivity contribution in [3.8, 4) is 0 Å². The third kappa shape index (κ3) is 4.68. The van der Waals surface area contributed by atoms with Gasteiger partial charge in [0, 0.05) is 28.2 Å². The summed E-state index contributed by atoms with van der Waals surface area (Å²) in [6, 6.07) is 11.9. The molecule has 0 aliphatic rings. The van der Waals surface area contributed by atoms with E-state index in [9.17, 15) is 22.8 Å². The van der Waals surface area contributed by atoms with Gasteiger partial charge in [-0.3, -0.25) is 14.4 Å². The van der Waals surface area contributed by atoms with Gasteiger partial charge in [0.25, 0.3) is 5.91 Å². The van der Waals surface area contributed by atoms with Crippen LogP contribution in [-0.2, 0) is 14.8 Å². The van der Waals surface area contributed by atoms with Gasteiger partial charge in [-0.2, -0.15) is 0 Å². The number of rotatable bonds is 6. The van der Waals surface area contributed by atoms with Crippen LogP contribution in [0.4, 0.5) is 5.69 Å². The Bertz CT molecular complexity index is 1280. The van der Waals surface area contributed by atoms with Gasteiger partial charge < -0.3 is 16.0 Å². The van der Waals surface area contributed by atoms with Gasteiger partial charge >= 0.3 is 0 Å². The fourth-order valence-corrected chi connectivity index (χ4v) is 3.80. The number of aromatic nitrogens is 1. The molecule has 0 saturated carbocycles. The summed E-state index contributed by atoms with van der Waals surface area (Å²) in [6.45, 7) is 1.24. The van der Waals surface area contributed by atoms with E-state index in [1.165, 1.54) is 30.3 Å². The zero-order chi connectivity index (χ0) is 21.2. The molecule has 10 heteroatoms. The number of amides is 2. The van der Waals surface area contributed by atoms with Crippen LogP contribution >= 0.6 is 0 Å². The molecule has 0 unspecified atom stereocenters. The number of benzene rings is 2. The minimum Gasteiger partial charge on any atom is -0.369 e. The first-order valence-electron chi connectivity index (χ1n) is 8.49. The smallest absolute Gasteiger partial charge is 0.255 e. The first-order chi connectivity index (χ1) is 13.7. The van der Waals surface area contributed by atoms with E-state index in [0.29, 0.717) is 11.2 Å². The van der Waals surface area contributed by atoms with Gasteiger partial charge in [-0.1, -0.05) is 6.07 Å². The Morgan fingerprint density at radius 2 is 1.86 bits per heavy atom. The van der Waals surface area contributed by atoms with E-state index in [2.05, 4.69) is 15.0 Å². The maximum absolute atomic E-state index is 12.6. The average Bonchev–Trinajstić information content (AvgIpc) is 2.67. The van der Waals surface area contributed by atoms with Crippen molar-refractivity contribution in [1.29, 1.82) is 0 Å². The van der Waals surface area contributed by atoms with Crippen LogP contribution in [0.15, 0.2) is 58.2 Å². The summed E-state index contributed by atoms with van der Waals surface area (Å²) in [7, 11) is -3.99. The van der Waals surface area contributed by atoms with Crippen molar-refractivity contribution in [3.63, 3.8) is 0 Å². The van der Waals surface area contributed by atoms with E-state index in [-0.39, 0.29) is 16.0 Å². The highest BCUT2D eigenvalue weighted by atomic mass is 32.2. The molecule has 150 valence electrons. The Kier molecular flexibility index (Phi) is 5.48. The number of anilines is 1. The molecule has 0 bridgehead atoms. The molecule has 3 rings (SSSR count). The van der Waals surface area contributed by atoms with Crippen LogP contribution in [0.1, 0.15) is 15.9 Å². The van der Waals surface area contributed by atoms with Crippen molar-refractivity contribution >= 4 is 38.4 Å². The van der Waals surface area contributed by atoms with Crippen LogP contribution in [0.5, 0.6) is 0 Å². The highest BCUT2D eigenvalue weighted by Crippen LogP contribution is 2.20. The zero-order valence-corrected chi connectivity index (χ0v) is 16.2. The Labute approximate surface area is 166 Å². The van der Waals surface area contributed by atoms with E-state index in [4.69, 9.17) is 5.73 Å². The van der Waals surface area contributed by atoms with E-state index in [1.54, 1.807) is 25.1 Å². The molecular formula is C19H18N4O5S. The summed E-state index contributed by atoms with van der Waals surface area (Å²) < 4.78 is 26.5. The van der Waals surface area contributed by atoms with E-state index >= 15 is 0 Å². The van der Waals surface area contributed by atoms with Crippen LogP contribution in [-0.4, -0.2) is 31.8 Å². The van der Waals surface area contributed by atoms with E-state index < -0.39 is 28.4 Å². The molecule has 2 amide bonds. The number of carbonyl (C=O) groups is 2. The molecule has 0 saturated heterocycles. The number of hydrogen-bond acceptors (Lipinski definition) is 5. The molecule has 1 heterocycles. The molecule has 0 atom stereocenters. The van der Waals surface area contributed by atoms with Crippen LogP contribution < -0.4 is 21.3 Å². The van der Waals surface area contributed by atoms with Gasteiger partial charge in [0.2, 0.25) is 21.5 Å². The van der Waals surface area contributed by atoms with Gasteiger partial charge in [0.05, 0.1) is 11.4 Å². The molecule has 2 aromatic carbocycles. The average molecular weight is 414 g/mol. The molecule has 0 aliphatic carbocycles. The predicted octanol–water partition coefficient (Wildman–Crippen LogP) is 0.852. The minimum atomic E-state index is -3.99. The van der Waals surface area contributed by atoms with Gasteiger partial charge in [-0.15, -0.1) is 0 Å². The lowest BCUT2D eigenvalue weighted by Gasteiger charge is -2.10. The first kappa shape index (κ1) is 20.2. The van der Waals surface area contributed by atoms with Crippen LogP contribution in [0.2, 0.25) is 0 Å². The maximum Gasteiger partial charge on any atom is 0.255 e. The number of nitrogens with two attached hydrogens (primary N) is 1. The van der Waals surface area contributed by atoms with Crippen molar-refractivity contribution in [3.05, 3.63) is 70.0 Å². The SMILES string of the molecule is Cc1cc(=O)[nH]c2ccc(NC(=O)c3cccc(S(=O)(=O)NCC(N)=O)c3)cc12. The molecule has 0 fully saturated rings. The summed E-state index contributed by atoms with van der Waals surface area (Å²) in [6.07, 6.45) is 0. The lowest BCUT2D eigenvalue weighted by atomic mass is 10.1. The van der Waals surface area contributed by atoms with E-state index in [1.807, 2.05) is 0 Å². The first-order valence-corrected chi connectivity index (χ1v) is 9.97. The van der Waals surface area contributed by atoms with Crippen molar-refractivity contribution in [2.45, 2.75) is 11.8 Å². The largest absolute Gasteiger partial charge is 0.369 e. The number of aryl methyl sites for hydroxylation is 1. The van der Waals surface area contributed by atoms with Crippen molar-refractivity contribution < 1.29 is 18.0 Å². The summed E-state index contributed by atoms with van der Waals surface area (Å²) in [4.78, 5) is 37.5. The van der Waals surface area contributed by atoms with Gasteiger partial charge in [0.15, 0.2) is 0 Å². The number of fused-ring (bicyclic) bond motifs is 1. The maximum atomic E-state index is 12.6. The second-order valence-electron chi connectivity index (χ2n) is 6.35. The number of carbonyl (C=O) groups excluding carboxylic acids is 2. The van der Waals surface area contributed by atoms with Gasteiger partial charge in [-0.05, 0) is 48.9 Å². The highest BCUT2D eigenvalue weighted by Gasteiger charge is 2.17. The summed E-state index contributed by atoms with van der Waals surface area (Å²) >= 11 is 0. The van der Waals surface area contributed by atoms with Crippen molar-refractivity contribution in [2.75, 3.05) is 11.9 Å². The third-order valence-electron chi connectivity index (χ3n) is 4.15. The predicted molar refractivity (Wildman–Crippen MR) is 108 cm³/mol. The van der Waals surface area contributed by atoms with Crippen molar-refractivity contribution in [1.82, 2.24) is 9.71 Å². The number of pyridine rings is 1. The number of nitrogens with one attached hydrogen (secondary N) is 3. The third-order valence-corrected chi connectivity index (χ3v) is 5.55. The molecule has 9 nitrogen and oxygen atoms in total. The molecule has 29 heavy (non-hydrogen) atoms. The summed E-state index contributed by atoms with van der Waals surface area (Å²) in [5.74, 6) is -1.34. The summed E-state index contributed by atoms with van der Waals surface area (Å²) in [5, 5.41) is 3.47. The molecule has 0 aliphatic heterocycles. The monoisotopic (exact) mass is 414 g/mol. The topological polar surface area (TPSA) is 151 Å². The Hall–Kier alpha value is -3.50. The standard InChI is InChI=1S/C19H18N4O5S/c1-11-7-18(25)23-16-6-5-13(9-15(11)16)22-19(26)12-3-2-4-14(8-12)29(27,28)21-10-17(20)24/h2-9,21H,10H2,1H3,(H2,20,24)(H,22,26)(H,23,25). The fourth-order valence-electron chi connectivity index (χ4n) is 2.76. The molecular weight excluding hydrogens is 396 g/mol. The van der Waals surface area contributed by atoms with E-state index in [0.717, 1.165) is 10.9 Å². The Morgan fingerprint density at radius 3 is 2.59 bits per heavy atom. The molecule has 3 aromatic rings. The Balaban J connectivity index is 1.85. The second-order valence-corrected chi connectivity index (χ2v) is 8.12. The number of H-pyrrole nitrogens is 1.